The summed E-state index contributed by atoms with van der Waals surface area (Å²) in [6.07, 6.45) is 0. The fraction of sp³-hybridized carbons (Fsp3) is 0.0714. The van der Waals surface area contributed by atoms with Gasteiger partial charge >= 0.3 is 5.69 Å². The van der Waals surface area contributed by atoms with Gasteiger partial charge in [-0.15, -0.1) is 0 Å². The second-order valence-corrected chi connectivity index (χ2v) is 4.04. The van der Waals surface area contributed by atoms with Crippen LogP contribution in [0.3, 0.4) is 0 Å². The third-order valence-corrected chi connectivity index (χ3v) is 2.71. The lowest BCUT2D eigenvalue weighted by Crippen LogP contribution is -1.97. The Morgan fingerprint density at radius 2 is 2.10 bits per heavy atom. The molecule has 7 heteroatoms. The van der Waals surface area contributed by atoms with Crippen LogP contribution in [0.5, 0.6) is 11.5 Å². The third-order valence-electron chi connectivity index (χ3n) is 2.71. The molecule has 106 valence electrons. The summed E-state index contributed by atoms with van der Waals surface area (Å²) in [6.45, 7) is -0.357. The SMILES string of the molecule is N#Cc1c(F)cccc1Oc1ccc(CO)cc1[N+](=O)[O-]. The number of aliphatic hydroxyl groups excluding tert-OH is 1. The van der Waals surface area contributed by atoms with Crippen molar-refractivity contribution >= 4 is 5.69 Å². The Hall–Kier alpha value is -2.98. The number of hydrogen-bond donors (Lipinski definition) is 1. The molecule has 6 nitrogen and oxygen atoms in total. The lowest BCUT2D eigenvalue weighted by atomic mass is 10.2. The minimum absolute atomic E-state index is 0.114. The van der Waals surface area contributed by atoms with Crippen molar-refractivity contribution in [2.24, 2.45) is 0 Å². The van der Waals surface area contributed by atoms with Gasteiger partial charge in [-0.2, -0.15) is 5.26 Å². The summed E-state index contributed by atoms with van der Waals surface area (Å²) >= 11 is 0. The maximum absolute atomic E-state index is 13.5. The van der Waals surface area contributed by atoms with Crippen molar-refractivity contribution in [2.45, 2.75) is 6.61 Å². The lowest BCUT2D eigenvalue weighted by molar-refractivity contribution is -0.385. The Balaban J connectivity index is 2.48. The van der Waals surface area contributed by atoms with Gasteiger partial charge in [0.2, 0.25) is 5.75 Å². The molecule has 0 saturated carbocycles. The molecule has 0 saturated heterocycles. The van der Waals surface area contributed by atoms with Crippen LogP contribution in [0.1, 0.15) is 11.1 Å². The van der Waals surface area contributed by atoms with Crippen molar-refractivity contribution in [1.29, 1.82) is 5.26 Å². The minimum atomic E-state index is -0.773. The van der Waals surface area contributed by atoms with Gasteiger partial charge in [0.25, 0.3) is 0 Å². The van der Waals surface area contributed by atoms with Gasteiger partial charge < -0.3 is 9.84 Å². The molecule has 0 aliphatic heterocycles. The maximum Gasteiger partial charge on any atom is 0.311 e. The molecule has 2 rings (SSSR count). The number of aliphatic hydroxyl groups is 1. The number of benzene rings is 2. The quantitative estimate of drug-likeness (QED) is 0.689. The van der Waals surface area contributed by atoms with Gasteiger partial charge in [-0.3, -0.25) is 10.1 Å². The first-order valence-electron chi connectivity index (χ1n) is 5.81. The molecule has 0 aromatic heterocycles. The van der Waals surface area contributed by atoms with E-state index in [2.05, 4.69) is 0 Å². The summed E-state index contributed by atoms with van der Waals surface area (Å²) in [6, 6.07) is 9.29. The molecule has 21 heavy (non-hydrogen) atoms. The van der Waals surface area contributed by atoms with Crippen LogP contribution in [-0.4, -0.2) is 10.0 Å². The molecule has 0 aliphatic carbocycles. The highest BCUT2D eigenvalue weighted by Gasteiger charge is 2.19. The van der Waals surface area contributed by atoms with E-state index in [1.807, 2.05) is 0 Å². The van der Waals surface area contributed by atoms with Crippen LogP contribution in [0.2, 0.25) is 0 Å². The van der Waals surface area contributed by atoms with E-state index in [-0.39, 0.29) is 29.4 Å². The normalized spacial score (nSPS) is 9.95. The molecule has 2 aromatic carbocycles. The van der Waals surface area contributed by atoms with E-state index in [1.165, 1.54) is 24.3 Å². The van der Waals surface area contributed by atoms with Crippen molar-refractivity contribution in [3.63, 3.8) is 0 Å². The van der Waals surface area contributed by atoms with E-state index in [0.29, 0.717) is 5.56 Å². The van der Waals surface area contributed by atoms with Crippen LogP contribution in [0.4, 0.5) is 10.1 Å². The molecule has 0 aliphatic rings. The van der Waals surface area contributed by atoms with E-state index in [1.54, 1.807) is 6.07 Å². The van der Waals surface area contributed by atoms with Gasteiger partial charge in [0.1, 0.15) is 23.2 Å². The Labute approximate surface area is 118 Å². The summed E-state index contributed by atoms with van der Waals surface area (Å²) in [5.41, 5.74) is -0.374. The third kappa shape index (κ3) is 2.96. The molecule has 0 bridgehead atoms. The number of rotatable bonds is 4. The standard InChI is InChI=1S/C14H9FN2O4/c15-11-2-1-3-13(10(11)7-16)21-14-5-4-9(8-18)6-12(14)17(19)20/h1-6,18H,8H2. The predicted octanol–water partition coefficient (Wildman–Crippen LogP) is 2.89. The number of ether oxygens (including phenoxy) is 1. The first-order chi connectivity index (χ1) is 10.1. The van der Waals surface area contributed by atoms with E-state index in [4.69, 9.17) is 15.1 Å². The minimum Gasteiger partial charge on any atom is -0.449 e. The summed E-state index contributed by atoms with van der Waals surface area (Å²) in [5.74, 6) is -1.03. The zero-order valence-corrected chi connectivity index (χ0v) is 10.6. The van der Waals surface area contributed by atoms with Gasteiger partial charge in [0, 0.05) is 6.07 Å². The average molecular weight is 288 g/mol. The van der Waals surface area contributed by atoms with Crippen molar-refractivity contribution in [3.8, 4) is 17.6 Å². The first kappa shape index (κ1) is 14.4. The highest BCUT2D eigenvalue weighted by molar-refractivity contribution is 5.53. The lowest BCUT2D eigenvalue weighted by Gasteiger charge is -2.09. The monoisotopic (exact) mass is 288 g/mol. The molecule has 0 unspecified atom stereocenters. The van der Waals surface area contributed by atoms with Crippen LogP contribution in [0, 0.1) is 27.3 Å². The Bertz CT molecular complexity index is 740. The highest BCUT2D eigenvalue weighted by Crippen LogP contribution is 2.34. The smallest absolute Gasteiger partial charge is 0.311 e. The van der Waals surface area contributed by atoms with Gasteiger partial charge in [-0.1, -0.05) is 12.1 Å². The van der Waals surface area contributed by atoms with E-state index in [9.17, 15) is 14.5 Å². The molecule has 0 atom stereocenters. The number of halogens is 1. The van der Waals surface area contributed by atoms with Crippen LogP contribution >= 0.6 is 0 Å². The molecular formula is C14H9FN2O4. The molecular weight excluding hydrogens is 279 g/mol. The summed E-state index contributed by atoms with van der Waals surface area (Å²) < 4.78 is 18.7. The molecule has 2 aromatic rings. The Kier molecular flexibility index (Phi) is 4.11. The molecule has 1 N–H and O–H groups in total. The fourth-order valence-corrected chi connectivity index (χ4v) is 1.71. The van der Waals surface area contributed by atoms with Crippen LogP contribution in [-0.2, 0) is 6.61 Å². The van der Waals surface area contributed by atoms with Crippen molar-refractivity contribution in [1.82, 2.24) is 0 Å². The van der Waals surface area contributed by atoms with Crippen LogP contribution in [0.15, 0.2) is 36.4 Å². The molecule has 0 radical (unpaired) electrons. The summed E-state index contributed by atoms with van der Waals surface area (Å²) in [5, 5.41) is 28.9. The average Bonchev–Trinajstić information content (AvgIpc) is 2.47. The predicted molar refractivity (Wildman–Crippen MR) is 70.2 cm³/mol. The zero-order valence-electron chi connectivity index (χ0n) is 10.6. The second-order valence-electron chi connectivity index (χ2n) is 4.04. The van der Waals surface area contributed by atoms with E-state index in [0.717, 1.165) is 12.1 Å². The number of nitrogens with zero attached hydrogens (tertiary/aromatic N) is 2. The van der Waals surface area contributed by atoms with Gasteiger partial charge in [-0.05, 0) is 23.8 Å². The number of nitro groups is 1. The van der Waals surface area contributed by atoms with Crippen LogP contribution in [0.25, 0.3) is 0 Å². The topological polar surface area (TPSA) is 96.4 Å². The van der Waals surface area contributed by atoms with Crippen molar-refractivity contribution in [2.75, 3.05) is 0 Å². The van der Waals surface area contributed by atoms with Crippen LogP contribution < -0.4 is 4.74 Å². The zero-order chi connectivity index (χ0) is 15.4. The number of hydrogen-bond acceptors (Lipinski definition) is 5. The van der Waals surface area contributed by atoms with Crippen molar-refractivity contribution < 1.29 is 19.2 Å². The van der Waals surface area contributed by atoms with E-state index >= 15 is 0 Å². The molecule has 0 fully saturated rings. The Morgan fingerprint density at radius 1 is 1.33 bits per heavy atom. The first-order valence-corrected chi connectivity index (χ1v) is 5.81. The highest BCUT2D eigenvalue weighted by atomic mass is 19.1. The number of nitriles is 1. The van der Waals surface area contributed by atoms with E-state index < -0.39 is 10.7 Å². The van der Waals surface area contributed by atoms with Gasteiger partial charge in [0.15, 0.2) is 0 Å². The Morgan fingerprint density at radius 3 is 2.71 bits per heavy atom. The van der Waals surface area contributed by atoms with Gasteiger partial charge in [0.05, 0.1) is 11.5 Å². The van der Waals surface area contributed by atoms with Crippen molar-refractivity contribution in [3.05, 3.63) is 63.5 Å². The number of nitro benzene ring substituents is 1. The molecule has 0 heterocycles. The van der Waals surface area contributed by atoms with Gasteiger partial charge in [-0.25, -0.2) is 4.39 Å². The second kappa shape index (κ2) is 5.98. The molecule has 0 spiro atoms. The maximum atomic E-state index is 13.5. The largest absolute Gasteiger partial charge is 0.449 e. The summed E-state index contributed by atoms with van der Waals surface area (Å²) in [7, 11) is 0. The fourth-order valence-electron chi connectivity index (χ4n) is 1.71. The molecule has 0 amide bonds. The summed E-state index contributed by atoms with van der Waals surface area (Å²) in [4.78, 5) is 10.3.